The first-order chi connectivity index (χ1) is 4.29. The fraction of sp³-hybridized carbons (Fsp3) is 0.750. The van der Waals surface area contributed by atoms with Crippen molar-refractivity contribution in [3.05, 3.63) is 12.2 Å². The molecule has 2 saturated carbocycles. The average molecular weight is 124 g/mol. The van der Waals surface area contributed by atoms with Gasteiger partial charge in [0.1, 0.15) is 0 Å². The van der Waals surface area contributed by atoms with Crippen molar-refractivity contribution in [2.75, 3.05) is 0 Å². The molecule has 1 nitrogen and oxygen atoms in total. The van der Waals surface area contributed by atoms with Crippen LogP contribution in [0.3, 0.4) is 0 Å². The summed E-state index contributed by atoms with van der Waals surface area (Å²) in [6.07, 6.45) is 3.56. The lowest BCUT2D eigenvalue weighted by Crippen LogP contribution is -2.17. The standard InChI is InChI=1S/C8H12O/c1-5-6-2-3-7(4-6)8(5)9/h6-9H,1-4H2/t6-,7+,8-/m1/s1. The van der Waals surface area contributed by atoms with Gasteiger partial charge >= 0.3 is 0 Å². The normalized spacial score (nSPS) is 48.6. The fourth-order valence-corrected chi connectivity index (χ4v) is 2.18. The van der Waals surface area contributed by atoms with E-state index in [1.807, 2.05) is 0 Å². The highest BCUT2D eigenvalue weighted by molar-refractivity contribution is 5.18. The van der Waals surface area contributed by atoms with Crippen LogP contribution < -0.4 is 0 Å². The maximum atomic E-state index is 9.39. The minimum Gasteiger partial charge on any atom is -0.388 e. The number of rotatable bonds is 0. The van der Waals surface area contributed by atoms with E-state index in [-0.39, 0.29) is 6.10 Å². The molecule has 1 N–H and O–H groups in total. The molecule has 3 atom stereocenters. The molecule has 0 aromatic carbocycles. The van der Waals surface area contributed by atoms with Crippen LogP contribution in [0.25, 0.3) is 0 Å². The zero-order valence-corrected chi connectivity index (χ0v) is 5.51. The molecule has 0 unspecified atom stereocenters. The second-order valence-corrected chi connectivity index (χ2v) is 3.29. The van der Waals surface area contributed by atoms with Crippen molar-refractivity contribution in [3.63, 3.8) is 0 Å². The Kier molecular flexibility index (Phi) is 0.974. The lowest BCUT2D eigenvalue weighted by atomic mass is 9.94. The van der Waals surface area contributed by atoms with E-state index >= 15 is 0 Å². The SMILES string of the molecule is C=C1[C@@H]2CC[C@@H](C2)[C@@H]1O. The van der Waals surface area contributed by atoms with E-state index in [1.54, 1.807) is 0 Å². The summed E-state index contributed by atoms with van der Waals surface area (Å²) in [6, 6.07) is 0. The van der Waals surface area contributed by atoms with E-state index in [0.717, 1.165) is 5.57 Å². The van der Waals surface area contributed by atoms with E-state index in [4.69, 9.17) is 0 Å². The molecule has 0 amide bonds. The first kappa shape index (κ1) is 5.48. The second kappa shape index (κ2) is 1.60. The van der Waals surface area contributed by atoms with E-state index in [0.29, 0.717) is 11.8 Å². The molecule has 0 aromatic rings. The van der Waals surface area contributed by atoms with Crippen molar-refractivity contribution in [3.8, 4) is 0 Å². The van der Waals surface area contributed by atoms with Gasteiger partial charge in [0.05, 0.1) is 6.10 Å². The van der Waals surface area contributed by atoms with Crippen LogP contribution >= 0.6 is 0 Å². The Bertz CT molecular complexity index is 147. The monoisotopic (exact) mass is 124 g/mol. The molecular weight excluding hydrogens is 112 g/mol. The number of aliphatic hydroxyl groups is 1. The number of aliphatic hydroxyl groups excluding tert-OH is 1. The Labute approximate surface area is 55.4 Å². The van der Waals surface area contributed by atoms with Gasteiger partial charge in [0.15, 0.2) is 0 Å². The summed E-state index contributed by atoms with van der Waals surface area (Å²) in [5.41, 5.74) is 1.10. The van der Waals surface area contributed by atoms with Gasteiger partial charge < -0.3 is 5.11 Å². The Morgan fingerprint density at radius 3 is 2.56 bits per heavy atom. The zero-order chi connectivity index (χ0) is 6.43. The number of hydrogen-bond donors (Lipinski definition) is 1. The zero-order valence-electron chi connectivity index (χ0n) is 5.51. The van der Waals surface area contributed by atoms with Crippen molar-refractivity contribution in [1.82, 2.24) is 0 Å². The third-order valence-corrected chi connectivity index (χ3v) is 2.82. The van der Waals surface area contributed by atoms with Gasteiger partial charge in [-0.15, -0.1) is 0 Å². The third kappa shape index (κ3) is 0.584. The summed E-state index contributed by atoms with van der Waals surface area (Å²) >= 11 is 0. The highest BCUT2D eigenvalue weighted by Gasteiger charge is 2.41. The van der Waals surface area contributed by atoms with Gasteiger partial charge in [0.25, 0.3) is 0 Å². The van der Waals surface area contributed by atoms with E-state index in [1.165, 1.54) is 19.3 Å². The average Bonchev–Trinajstić information content (AvgIpc) is 2.37. The quantitative estimate of drug-likeness (QED) is 0.483. The van der Waals surface area contributed by atoms with Gasteiger partial charge in [-0.1, -0.05) is 6.58 Å². The molecule has 1 heteroatoms. The van der Waals surface area contributed by atoms with Gasteiger partial charge in [-0.05, 0) is 36.7 Å². The predicted molar refractivity (Wildman–Crippen MR) is 36.0 cm³/mol. The van der Waals surface area contributed by atoms with Gasteiger partial charge in [-0.25, -0.2) is 0 Å². The molecule has 0 radical (unpaired) electrons. The van der Waals surface area contributed by atoms with Gasteiger partial charge in [0.2, 0.25) is 0 Å². The van der Waals surface area contributed by atoms with E-state index in [2.05, 4.69) is 6.58 Å². The molecule has 2 aliphatic carbocycles. The van der Waals surface area contributed by atoms with Gasteiger partial charge in [-0.2, -0.15) is 0 Å². The Morgan fingerprint density at radius 2 is 2.22 bits per heavy atom. The first-order valence-electron chi connectivity index (χ1n) is 3.66. The minimum absolute atomic E-state index is 0.149. The summed E-state index contributed by atoms with van der Waals surface area (Å²) in [5.74, 6) is 1.24. The number of fused-ring (bicyclic) bond motifs is 2. The molecule has 9 heavy (non-hydrogen) atoms. The fourth-order valence-electron chi connectivity index (χ4n) is 2.18. The third-order valence-electron chi connectivity index (χ3n) is 2.82. The summed E-state index contributed by atoms with van der Waals surface area (Å²) in [4.78, 5) is 0. The van der Waals surface area contributed by atoms with E-state index < -0.39 is 0 Å². The second-order valence-electron chi connectivity index (χ2n) is 3.29. The Hall–Kier alpha value is -0.300. The molecule has 0 aliphatic heterocycles. The number of hydrogen-bond acceptors (Lipinski definition) is 1. The Balaban J connectivity index is 2.25. The predicted octanol–water partition coefficient (Wildman–Crippen LogP) is 1.33. The molecule has 0 aromatic heterocycles. The topological polar surface area (TPSA) is 20.2 Å². The van der Waals surface area contributed by atoms with Crippen LogP contribution in [0.4, 0.5) is 0 Å². The van der Waals surface area contributed by atoms with Crippen molar-refractivity contribution in [2.24, 2.45) is 11.8 Å². The molecule has 2 rings (SSSR count). The van der Waals surface area contributed by atoms with Crippen LogP contribution in [0.2, 0.25) is 0 Å². The molecule has 50 valence electrons. The largest absolute Gasteiger partial charge is 0.388 e. The molecule has 0 heterocycles. The van der Waals surface area contributed by atoms with Crippen LogP contribution in [0.15, 0.2) is 12.2 Å². The van der Waals surface area contributed by atoms with Crippen LogP contribution in [-0.2, 0) is 0 Å². The van der Waals surface area contributed by atoms with E-state index in [9.17, 15) is 5.11 Å². The van der Waals surface area contributed by atoms with Gasteiger partial charge in [0, 0.05) is 0 Å². The lowest BCUT2D eigenvalue weighted by Gasteiger charge is -2.17. The van der Waals surface area contributed by atoms with Crippen LogP contribution in [-0.4, -0.2) is 11.2 Å². The van der Waals surface area contributed by atoms with Crippen LogP contribution in [0.1, 0.15) is 19.3 Å². The van der Waals surface area contributed by atoms with Gasteiger partial charge in [-0.3, -0.25) is 0 Å². The summed E-state index contributed by atoms with van der Waals surface area (Å²) in [7, 11) is 0. The van der Waals surface area contributed by atoms with Crippen LogP contribution in [0.5, 0.6) is 0 Å². The van der Waals surface area contributed by atoms with Crippen molar-refractivity contribution in [1.29, 1.82) is 0 Å². The maximum Gasteiger partial charge on any atom is 0.0778 e. The maximum absolute atomic E-state index is 9.39. The smallest absolute Gasteiger partial charge is 0.0778 e. The Morgan fingerprint density at radius 1 is 1.44 bits per heavy atom. The summed E-state index contributed by atoms with van der Waals surface area (Å²) in [5, 5.41) is 9.39. The summed E-state index contributed by atoms with van der Waals surface area (Å²) in [6.45, 7) is 3.87. The highest BCUT2D eigenvalue weighted by atomic mass is 16.3. The van der Waals surface area contributed by atoms with Crippen LogP contribution in [0, 0.1) is 11.8 Å². The van der Waals surface area contributed by atoms with Crippen molar-refractivity contribution < 1.29 is 5.11 Å². The lowest BCUT2D eigenvalue weighted by molar-refractivity contribution is 0.154. The molecule has 2 bridgehead atoms. The van der Waals surface area contributed by atoms with Crippen molar-refractivity contribution in [2.45, 2.75) is 25.4 Å². The molecule has 2 aliphatic rings. The molecule has 0 saturated heterocycles. The highest BCUT2D eigenvalue weighted by Crippen LogP contribution is 2.47. The molecule has 0 spiro atoms. The summed E-state index contributed by atoms with van der Waals surface area (Å²) < 4.78 is 0. The first-order valence-corrected chi connectivity index (χ1v) is 3.66. The minimum atomic E-state index is -0.149. The molecule has 2 fully saturated rings. The molecular formula is C8H12O. The van der Waals surface area contributed by atoms with Crippen molar-refractivity contribution >= 4 is 0 Å².